The zero-order chi connectivity index (χ0) is 13.0. The van der Waals surface area contributed by atoms with Crippen LogP contribution >= 0.6 is 0 Å². The maximum Gasteiger partial charge on any atom is 0.308 e. The molecule has 1 fully saturated rings. The molecule has 0 saturated heterocycles. The summed E-state index contributed by atoms with van der Waals surface area (Å²) in [5.41, 5.74) is 6.32. The van der Waals surface area contributed by atoms with Crippen LogP contribution in [0.3, 0.4) is 0 Å². The number of nitrogen functional groups attached to an aromatic ring is 1. The van der Waals surface area contributed by atoms with Crippen molar-refractivity contribution in [3.8, 4) is 5.75 Å². The molecule has 5 nitrogen and oxygen atoms in total. The van der Waals surface area contributed by atoms with E-state index in [9.17, 15) is 4.79 Å². The second-order valence-electron chi connectivity index (χ2n) is 4.53. The molecule has 2 rings (SSSR count). The lowest BCUT2D eigenvalue weighted by Gasteiger charge is -2.27. The van der Waals surface area contributed by atoms with Crippen molar-refractivity contribution in [1.82, 2.24) is 4.98 Å². The first-order chi connectivity index (χ1) is 8.70. The predicted octanol–water partition coefficient (Wildman–Crippen LogP) is 1.77. The molecule has 1 aromatic heterocycles. The van der Waals surface area contributed by atoms with Gasteiger partial charge in [0.1, 0.15) is 5.75 Å². The fourth-order valence-corrected chi connectivity index (χ4v) is 2.26. The lowest BCUT2D eigenvalue weighted by atomic mass is 9.87. The number of nitrogens with zero attached hydrogens (tertiary/aromatic N) is 1. The molecule has 1 heterocycles. The normalized spacial score (nSPS) is 23.4. The highest BCUT2D eigenvalue weighted by molar-refractivity contribution is 5.72. The van der Waals surface area contributed by atoms with Crippen LogP contribution in [0.1, 0.15) is 25.7 Å². The van der Waals surface area contributed by atoms with Crippen molar-refractivity contribution in [1.29, 1.82) is 0 Å². The van der Waals surface area contributed by atoms with E-state index in [4.69, 9.17) is 15.2 Å². The summed E-state index contributed by atoms with van der Waals surface area (Å²) in [5, 5.41) is 0. The number of hydrogen-bond acceptors (Lipinski definition) is 5. The van der Waals surface area contributed by atoms with E-state index < -0.39 is 0 Å². The number of carbonyl (C=O) groups excluding carboxylic acids is 1. The van der Waals surface area contributed by atoms with Gasteiger partial charge in [0.25, 0.3) is 0 Å². The molecule has 0 spiro atoms. The molecule has 0 radical (unpaired) electrons. The third kappa shape index (κ3) is 2.91. The summed E-state index contributed by atoms with van der Waals surface area (Å²) in [6.07, 6.45) is 6.67. The second kappa shape index (κ2) is 5.71. The SMILES string of the molecule is COC(=O)[C@H]1CC[C@H](Oc2ccncc2N)CC1. The average molecular weight is 250 g/mol. The Bertz CT molecular complexity index is 414. The van der Waals surface area contributed by atoms with Gasteiger partial charge in [0.2, 0.25) is 0 Å². The van der Waals surface area contributed by atoms with E-state index in [1.165, 1.54) is 7.11 Å². The molecule has 0 aliphatic heterocycles. The lowest BCUT2D eigenvalue weighted by molar-refractivity contribution is -0.147. The Kier molecular flexibility index (Phi) is 4.02. The van der Waals surface area contributed by atoms with Gasteiger partial charge >= 0.3 is 5.97 Å². The molecule has 5 heteroatoms. The second-order valence-corrected chi connectivity index (χ2v) is 4.53. The number of hydrogen-bond donors (Lipinski definition) is 1. The van der Waals surface area contributed by atoms with Crippen molar-refractivity contribution in [2.45, 2.75) is 31.8 Å². The number of carbonyl (C=O) groups is 1. The molecule has 1 aliphatic rings. The van der Waals surface area contributed by atoms with E-state index in [-0.39, 0.29) is 18.0 Å². The van der Waals surface area contributed by atoms with Gasteiger partial charge in [0, 0.05) is 12.3 Å². The Morgan fingerprint density at radius 1 is 1.39 bits per heavy atom. The number of methoxy groups -OCH3 is 1. The van der Waals surface area contributed by atoms with Gasteiger partial charge in [-0.25, -0.2) is 0 Å². The lowest BCUT2D eigenvalue weighted by Crippen LogP contribution is -2.28. The third-order valence-corrected chi connectivity index (χ3v) is 3.31. The largest absolute Gasteiger partial charge is 0.488 e. The van der Waals surface area contributed by atoms with Crippen LogP contribution in [0.25, 0.3) is 0 Å². The van der Waals surface area contributed by atoms with Gasteiger partial charge in [-0.3, -0.25) is 9.78 Å². The zero-order valence-electron chi connectivity index (χ0n) is 10.5. The van der Waals surface area contributed by atoms with E-state index in [1.54, 1.807) is 18.5 Å². The van der Waals surface area contributed by atoms with Crippen molar-refractivity contribution in [2.24, 2.45) is 5.92 Å². The summed E-state index contributed by atoms with van der Waals surface area (Å²) in [4.78, 5) is 15.3. The van der Waals surface area contributed by atoms with Crippen LogP contribution in [0.5, 0.6) is 5.75 Å². The van der Waals surface area contributed by atoms with Gasteiger partial charge in [-0.15, -0.1) is 0 Å². The minimum absolute atomic E-state index is 0.0182. The Morgan fingerprint density at radius 2 is 2.11 bits per heavy atom. The van der Waals surface area contributed by atoms with Crippen LogP contribution in [0.2, 0.25) is 0 Å². The van der Waals surface area contributed by atoms with Crippen LogP contribution in [-0.4, -0.2) is 24.2 Å². The van der Waals surface area contributed by atoms with Crippen molar-refractivity contribution in [3.63, 3.8) is 0 Å². The van der Waals surface area contributed by atoms with Gasteiger partial charge in [-0.2, -0.15) is 0 Å². The Morgan fingerprint density at radius 3 is 2.72 bits per heavy atom. The summed E-state index contributed by atoms with van der Waals surface area (Å²) < 4.78 is 10.6. The van der Waals surface area contributed by atoms with E-state index >= 15 is 0 Å². The highest BCUT2D eigenvalue weighted by Crippen LogP contribution is 2.30. The standard InChI is InChI=1S/C13H18N2O3/c1-17-13(16)9-2-4-10(5-3-9)18-12-6-7-15-8-11(12)14/h6-10H,2-5,14H2,1H3/t9-,10-. The Labute approximate surface area is 106 Å². The smallest absolute Gasteiger partial charge is 0.308 e. The molecule has 1 aliphatic carbocycles. The molecule has 0 atom stereocenters. The molecule has 0 bridgehead atoms. The molecule has 1 aromatic rings. The minimum Gasteiger partial charge on any atom is -0.488 e. The minimum atomic E-state index is -0.114. The third-order valence-electron chi connectivity index (χ3n) is 3.31. The topological polar surface area (TPSA) is 74.4 Å². The molecule has 2 N–H and O–H groups in total. The summed E-state index contributed by atoms with van der Waals surface area (Å²) in [7, 11) is 1.43. The van der Waals surface area contributed by atoms with Crippen molar-refractivity contribution >= 4 is 11.7 Å². The van der Waals surface area contributed by atoms with Gasteiger partial charge in [-0.05, 0) is 25.7 Å². The Hall–Kier alpha value is -1.78. The predicted molar refractivity (Wildman–Crippen MR) is 67.0 cm³/mol. The van der Waals surface area contributed by atoms with Crippen LogP contribution in [0.4, 0.5) is 5.69 Å². The van der Waals surface area contributed by atoms with E-state index in [0.29, 0.717) is 11.4 Å². The van der Waals surface area contributed by atoms with Gasteiger partial charge in [0.15, 0.2) is 0 Å². The molecule has 0 aromatic carbocycles. The first-order valence-electron chi connectivity index (χ1n) is 6.14. The summed E-state index contributed by atoms with van der Waals surface area (Å²) in [6, 6.07) is 1.77. The van der Waals surface area contributed by atoms with Gasteiger partial charge in [-0.1, -0.05) is 0 Å². The zero-order valence-corrected chi connectivity index (χ0v) is 10.5. The fraction of sp³-hybridized carbons (Fsp3) is 0.538. The fourth-order valence-electron chi connectivity index (χ4n) is 2.26. The number of aromatic nitrogens is 1. The van der Waals surface area contributed by atoms with Gasteiger partial charge < -0.3 is 15.2 Å². The van der Waals surface area contributed by atoms with Gasteiger partial charge in [0.05, 0.1) is 31.0 Å². The van der Waals surface area contributed by atoms with Crippen molar-refractivity contribution in [3.05, 3.63) is 18.5 Å². The Balaban J connectivity index is 1.87. The number of pyridine rings is 1. The highest BCUT2D eigenvalue weighted by atomic mass is 16.5. The number of ether oxygens (including phenoxy) is 2. The molecular weight excluding hydrogens is 232 g/mol. The maximum atomic E-state index is 11.4. The van der Waals surface area contributed by atoms with E-state index in [0.717, 1.165) is 25.7 Å². The molecule has 0 unspecified atom stereocenters. The number of esters is 1. The first kappa shape index (κ1) is 12.7. The molecule has 1 saturated carbocycles. The van der Waals surface area contributed by atoms with E-state index in [1.807, 2.05) is 0 Å². The monoisotopic (exact) mass is 250 g/mol. The quantitative estimate of drug-likeness (QED) is 0.827. The molecule has 18 heavy (non-hydrogen) atoms. The summed E-state index contributed by atoms with van der Waals surface area (Å²) in [5.74, 6) is 0.577. The number of anilines is 1. The highest BCUT2D eigenvalue weighted by Gasteiger charge is 2.28. The van der Waals surface area contributed by atoms with Crippen LogP contribution in [0.15, 0.2) is 18.5 Å². The van der Waals surface area contributed by atoms with Crippen molar-refractivity contribution in [2.75, 3.05) is 12.8 Å². The molecule has 0 amide bonds. The van der Waals surface area contributed by atoms with Crippen LogP contribution in [0, 0.1) is 5.92 Å². The van der Waals surface area contributed by atoms with Crippen LogP contribution in [-0.2, 0) is 9.53 Å². The molecule has 98 valence electrons. The van der Waals surface area contributed by atoms with Crippen molar-refractivity contribution < 1.29 is 14.3 Å². The average Bonchev–Trinajstić information content (AvgIpc) is 2.41. The number of nitrogens with two attached hydrogens (primary N) is 1. The number of rotatable bonds is 3. The summed E-state index contributed by atoms with van der Waals surface area (Å²) in [6.45, 7) is 0. The van der Waals surface area contributed by atoms with Crippen LogP contribution < -0.4 is 10.5 Å². The first-order valence-corrected chi connectivity index (χ1v) is 6.14. The van der Waals surface area contributed by atoms with E-state index in [2.05, 4.69) is 4.98 Å². The maximum absolute atomic E-state index is 11.4. The molecular formula is C13H18N2O3. The summed E-state index contributed by atoms with van der Waals surface area (Å²) >= 11 is 0.